The Balaban J connectivity index is 2.31. The Labute approximate surface area is 64.0 Å². The van der Waals surface area contributed by atoms with E-state index in [-0.39, 0.29) is 0 Å². The largest absolute Gasteiger partial charge is 0.428 e. The van der Waals surface area contributed by atoms with Crippen molar-refractivity contribution in [2.24, 2.45) is 0 Å². The number of ether oxygens (including phenoxy) is 3. The smallest absolute Gasteiger partial charge is 0.407 e. The van der Waals surface area contributed by atoms with Gasteiger partial charge in [-0.05, 0) is 6.92 Å². The molecule has 1 aliphatic heterocycles. The van der Waals surface area contributed by atoms with Crippen LogP contribution < -0.4 is 0 Å². The fraction of sp³-hybridized carbons (Fsp3) is 0.286. The van der Waals surface area contributed by atoms with Gasteiger partial charge in [-0.25, -0.2) is 4.79 Å². The van der Waals surface area contributed by atoms with Gasteiger partial charge in [0.15, 0.2) is 0 Å². The predicted octanol–water partition coefficient (Wildman–Crippen LogP) is 0.907. The van der Waals surface area contributed by atoms with Crippen LogP contribution in [0.4, 0.5) is 0 Å². The van der Waals surface area contributed by atoms with Crippen molar-refractivity contribution in [3.05, 3.63) is 24.7 Å². The van der Waals surface area contributed by atoms with E-state index in [9.17, 15) is 4.79 Å². The molecule has 0 spiro atoms. The standard InChI is InChI=1S/C7H8O4/c1-5(2)6(8)11-7-9-3-4-10-7/h3-4,7H,1H2,2H3. The molecule has 0 fully saturated rings. The minimum absolute atomic E-state index is 0.309. The van der Waals surface area contributed by atoms with E-state index in [0.717, 1.165) is 0 Å². The lowest BCUT2D eigenvalue weighted by atomic mass is 10.4. The number of hydrogen-bond donors (Lipinski definition) is 0. The van der Waals surface area contributed by atoms with E-state index in [4.69, 9.17) is 0 Å². The highest BCUT2D eigenvalue weighted by Crippen LogP contribution is 2.08. The highest BCUT2D eigenvalue weighted by atomic mass is 16.9. The molecule has 0 bridgehead atoms. The van der Waals surface area contributed by atoms with E-state index in [0.29, 0.717) is 5.57 Å². The molecule has 1 aliphatic rings. The summed E-state index contributed by atoms with van der Waals surface area (Å²) >= 11 is 0. The van der Waals surface area contributed by atoms with Gasteiger partial charge in [-0.15, -0.1) is 0 Å². The monoisotopic (exact) mass is 156 g/mol. The second-order valence-electron chi connectivity index (χ2n) is 2.02. The number of esters is 1. The van der Waals surface area contributed by atoms with Gasteiger partial charge in [0.2, 0.25) is 0 Å². The second-order valence-corrected chi connectivity index (χ2v) is 2.02. The maximum Gasteiger partial charge on any atom is 0.407 e. The molecule has 1 rings (SSSR count). The highest BCUT2D eigenvalue weighted by Gasteiger charge is 2.17. The Morgan fingerprint density at radius 1 is 1.55 bits per heavy atom. The van der Waals surface area contributed by atoms with E-state index in [1.807, 2.05) is 0 Å². The number of carbonyl (C=O) groups is 1. The SMILES string of the molecule is C=C(C)C(=O)OC1OC=CO1. The van der Waals surface area contributed by atoms with Crippen molar-refractivity contribution in [2.45, 2.75) is 13.4 Å². The van der Waals surface area contributed by atoms with Gasteiger partial charge in [-0.1, -0.05) is 6.58 Å². The molecule has 0 aromatic heterocycles. The van der Waals surface area contributed by atoms with E-state index < -0.39 is 12.4 Å². The molecule has 0 N–H and O–H groups in total. The van der Waals surface area contributed by atoms with Crippen molar-refractivity contribution in [3.63, 3.8) is 0 Å². The molecular formula is C7H8O4. The fourth-order valence-electron chi connectivity index (χ4n) is 0.468. The van der Waals surface area contributed by atoms with Gasteiger partial charge in [0.05, 0.1) is 0 Å². The molecule has 0 unspecified atom stereocenters. The Hall–Kier alpha value is -1.45. The molecule has 0 radical (unpaired) electrons. The molecule has 4 heteroatoms. The van der Waals surface area contributed by atoms with E-state index in [1.165, 1.54) is 12.5 Å². The molecular weight excluding hydrogens is 148 g/mol. The summed E-state index contributed by atoms with van der Waals surface area (Å²) in [6, 6.07) is 0. The van der Waals surface area contributed by atoms with Crippen molar-refractivity contribution < 1.29 is 19.0 Å². The van der Waals surface area contributed by atoms with Gasteiger partial charge in [0.1, 0.15) is 12.5 Å². The molecule has 0 aliphatic carbocycles. The minimum atomic E-state index is -0.945. The van der Waals surface area contributed by atoms with Crippen molar-refractivity contribution in [1.82, 2.24) is 0 Å². The van der Waals surface area contributed by atoms with E-state index in [2.05, 4.69) is 20.8 Å². The van der Waals surface area contributed by atoms with Gasteiger partial charge >= 0.3 is 12.4 Å². The summed E-state index contributed by atoms with van der Waals surface area (Å²) in [4.78, 5) is 10.8. The Kier molecular flexibility index (Phi) is 2.15. The first-order valence-electron chi connectivity index (χ1n) is 3.02. The van der Waals surface area contributed by atoms with Crippen LogP contribution in [0, 0.1) is 0 Å². The van der Waals surface area contributed by atoms with Gasteiger partial charge < -0.3 is 14.2 Å². The summed E-state index contributed by atoms with van der Waals surface area (Å²) in [5, 5.41) is 0. The van der Waals surface area contributed by atoms with Crippen molar-refractivity contribution in [2.75, 3.05) is 0 Å². The molecule has 60 valence electrons. The predicted molar refractivity (Wildman–Crippen MR) is 36.0 cm³/mol. The van der Waals surface area contributed by atoms with Crippen LogP contribution in [0.15, 0.2) is 24.7 Å². The zero-order valence-corrected chi connectivity index (χ0v) is 6.07. The van der Waals surface area contributed by atoms with Crippen LogP contribution in [0.3, 0.4) is 0 Å². The van der Waals surface area contributed by atoms with Crippen molar-refractivity contribution in [3.8, 4) is 0 Å². The van der Waals surface area contributed by atoms with Crippen LogP contribution in [0.1, 0.15) is 6.92 Å². The zero-order chi connectivity index (χ0) is 8.27. The zero-order valence-electron chi connectivity index (χ0n) is 6.07. The Morgan fingerprint density at radius 3 is 2.55 bits per heavy atom. The summed E-state index contributed by atoms with van der Waals surface area (Å²) in [6.07, 6.45) is 2.60. The number of hydrogen-bond acceptors (Lipinski definition) is 4. The number of rotatable bonds is 2. The molecule has 0 saturated carbocycles. The first-order chi connectivity index (χ1) is 5.20. The van der Waals surface area contributed by atoms with Crippen molar-refractivity contribution in [1.29, 1.82) is 0 Å². The maximum atomic E-state index is 10.8. The van der Waals surface area contributed by atoms with Gasteiger partial charge in [0, 0.05) is 5.57 Å². The third-order valence-corrected chi connectivity index (χ3v) is 0.987. The summed E-state index contributed by atoms with van der Waals surface area (Å²) in [5.41, 5.74) is 0.309. The minimum Gasteiger partial charge on any atom is -0.428 e. The second kappa shape index (κ2) is 3.09. The molecule has 0 saturated heterocycles. The molecule has 1 heterocycles. The lowest BCUT2D eigenvalue weighted by Gasteiger charge is -2.09. The third kappa shape index (κ3) is 2.00. The van der Waals surface area contributed by atoms with Gasteiger partial charge in [-0.3, -0.25) is 0 Å². The van der Waals surface area contributed by atoms with Crippen LogP contribution in [0.2, 0.25) is 0 Å². The fourth-order valence-corrected chi connectivity index (χ4v) is 0.468. The van der Waals surface area contributed by atoms with Crippen LogP contribution in [-0.4, -0.2) is 12.4 Å². The first-order valence-corrected chi connectivity index (χ1v) is 3.02. The van der Waals surface area contributed by atoms with Crippen LogP contribution >= 0.6 is 0 Å². The van der Waals surface area contributed by atoms with Crippen molar-refractivity contribution >= 4 is 5.97 Å². The van der Waals surface area contributed by atoms with Crippen LogP contribution in [-0.2, 0) is 19.0 Å². The van der Waals surface area contributed by atoms with Crippen LogP contribution in [0.25, 0.3) is 0 Å². The van der Waals surface area contributed by atoms with E-state index in [1.54, 1.807) is 6.92 Å². The van der Waals surface area contributed by atoms with E-state index >= 15 is 0 Å². The average Bonchev–Trinajstić information content (AvgIpc) is 2.39. The highest BCUT2D eigenvalue weighted by molar-refractivity contribution is 5.86. The quantitative estimate of drug-likeness (QED) is 0.440. The molecule has 0 atom stereocenters. The topological polar surface area (TPSA) is 44.8 Å². The normalized spacial score (nSPS) is 15.4. The van der Waals surface area contributed by atoms with Gasteiger partial charge in [0.25, 0.3) is 0 Å². The lowest BCUT2D eigenvalue weighted by Crippen LogP contribution is -2.18. The lowest BCUT2D eigenvalue weighted by molar-refractivity contribution is -0.215. The first kappa shape index (κ1) is 7.65. The van der Waals surface area contributed by atoms with Crippen LogP contribution in [0.5, 0.6) is 0 Å². The molecule has 4 nitrogen and oxygen atoms in total. The van der Waals surface area contributed by atoms with Gasteiger partial charge in [-0.2, -0.15) is 0 Å². The summed E-state index contributed by atoms with van der Waals surface area (Å²) in [6.45, 7) is 3.99. The number of carbonyl (C=O) groups excluding carboxylic acids is 1. The molecule has 11 heavy (non-hydrogen) atoms. The third-order valence-electron chi connectivity index (χ3n) is 0.987. The molecule has 0 amide bonds. The molecule has 0 aromatic rings. The summed E-state index contributed by atoms with van der Waals surface area (Å²) in [7, 11) is 0. The summed E-state index contributed by atoms with van der Waals surface area (Å²) < 4.78 is 14.0. The average molecular weight is 156 g/mol. The molecule has 0 aromatic carbocycles. The Bertz CT molecular complexity index is 198. The maximum absolute atomic E-state index is 10.8. The Morgan fingerprint density at radius 2 is 2.09 bits per heavy atom. The summed E-state index contributed by atoms with van der Waals surface area (Å²) in [5.74, 6) is -0.529.